The zero-order chi connectivity index (χ0) is 13.8. The number of fused-ring (bicyclic) bond motifs is 1. The molecular formula is C18H19NO. The summed E-state index contributed by atoms with van der Waals surface area (Å²) in [4.78, 5) is 0. The molecule has 3 rings (SSSR count). The molecule has 1 heterocycles. The molecule has 0 aliphatic rings. The average molecular weight is 265 g/mol. The number of hydrogen-bond acceptors (Lipinski definition) is 2. The molecule has 0 saturated carbocycles. The van der Waals surface area contributed by atoms with Crippen LogP contribution in [-0.2, 0) is 6.54 Å². The topological polar surface area (TPSA) is 25.2 Å². The lowest BCUT2D eigenvalue weighted by molar-refractivity contribution is 0.589. The van der Waals surface area contributed by atoms with Gasteiger partial charge in [0.25, 0.3) is 0 Å². The van der Waals surface area contributed by atoms with Gasteiger partial charge in [-0.2, -0.15) is 0 Å². The van der Waals surface area contributed by atoms with E-state index in [4.69, 9.17) is 4.42 Å². The van der Waals surface area contributed by atoms with Crippen molar-refractivity contribution >= 4 is 11.0 Å². The molecule has 1 N–H and O–H groups in total. The van der Waals surface area contributed by atoms with E-state index in [1.54, 1.807) is 0 Å². The molecule has 0 bridgehead atoms. The van der Waals surface area contributed by atoms with Gasteiger partial charge in [0.1, 0.15) is 5.58 Å². The maximum absolute atomic E-state index is 5.55. The molecule has 1 atom stereocenters. The number of furan rings is 1. The Morgan fingerprint density at radius 2 is 1.75 bits per heavy atom. The number of para-hydroxylation sites is 1. The zero-order valence-electron chi connectivity index (χ0n) is 11.7. The molecule has 1 aromatic heterocycles. The Kier molecular flexibility index (Phi) is 3.84. The van der Waals surface area contributed by atoms with Crippen LogP contribution in [0.3, 0.4) is 0 Å². The third-order valence-corrected chi connectivity index (χ3v) is 3.70. The monoisotopic (exact) mass is 265 g/mol. The Morgan fingerprint density at radius 1 is 1.00 bits per heavy atom. The van der Waals surface area contributed by atoms with E-state index in [2.05, 4.69) is 48.6 Å². The van der Waals surface area contributed by atoms with Crippen LogP contribution in [0.5, 0.6) is 0 Å². The Balaban J connectivity index is 1.60. The first-order chi connectivity index (χ1) is 9.84. The Morgan fingerprint density at radius 3 is 2.60 bits per heavy atom. The predicted octanol–water partition coefficient (Wildman–Crippen LogP) is 4.33. The molecule has 2 heteroatoms. The summed E-state index contributed by atoms with van der Waals surface area (Å²) >= 11 is 0. The van der Waals surface area contributed by atoms with Gasteiger partial charge in [0.05, 0.1) is 6.26 Å². The highest BCUT2D eigenvalue weighted by Crippen LogP contribution is 2.20. The van der Waals surface area contributed by atoms with Crippen molar-refractivity contribution in [3.8, 4) is 0 Å². The third kappa shape index (κ3) is 2.75. The summed E-state index contributed by atoms with van der Waals surface area (Å²) in [5.74, 6) is 0.509. The number of hydrogen-bond donors (Lipinski definition) is 1. The van der Waals surface area contributed by atoms with Crippen LogP contribution in [0.15, 0.2) is 65.3 Å². The normalized spacial score (nSPS) is 12.7. The lowest BCUT2D eigenvalue weighted by Gasteiger charge is -2.12. The Hall–Kier alpha value is -2.06. The van der Waals surface area contributed by atoms with E-state index in [-0.39, 0.29) is 0 Å². The second-order valence-corrected chi connectivity index (χ2v) is 5.20. The lowest BCUT2D eigenvalue weighted by atomic mass is 10.0. The van der Waals surface area contributed by atoms with E-state index >= 15 is 0 Å². The van der Waals surface area contributed by atoms with Crippen molar-refractivity contribution in [2.45, 2.75) is 19.4 Å². The van der Waals surface area contributed by atoms with E-state index in [0.29, 0.717) is 5.92 Å². The van der Waals surface area contributed by atoms with Crippen molar-refractivity contribution in [1.29, 1.82) is 0 Å². The molecule has 2 nitrogen and oxygen atoms in total. The van der Waals surface area contributed by atoms with Crippen LogP contribution in [0, 0.1) is 0 Å². The van der Waals surface area contributed by atoms with Crippen molar-refractivity contribution in [3.05, 3.63) is 72.0 Å². The molecular weight excluding hydrogens is 246 g/mol. The third-order valence-electron chi connectivity index (χ3n) is 3.70. The van der Waals surface area contributed by atoms with Gasteiger partial charge < -0.3 is 9.73 Å². The van der Waals surface area contributed by atoms with E-state index in [1.165, 1.54) is 16.5 Å². The lowest BCUT2D eigenvalue weighted by Crippen LogP contribution is -2.19. The first-order valence-corrected chi connectivity index (χ1v) is 7.05. The maximum Gasteiger partial charge on any atom is 0.134 e. The summed E-state index contributed by atoms with van der Waals surface area (Å²) in [6, 6.07) is 18.8. The first kappa shape index (κ1) is 12.9. The standard InChI is InChI=1S/C18H19NO/c1-14(15-7-3-2-4-8-15)11-19-12-16-13-20-18-10-6-5-9-17(16)18/h2-10,13-14,19H,11-12H2,1H3. The molecule has 0 radical (unpaired) electrons. The van der Waals surface area contributed by atoms with Crippen molar-refractivity contribution in [3.63, 3.8) is 0 Å². The minimum atomic E-state index is 0.509. The maximum atomic E-state index is 5.55. The highest BCUT2D eigenvalue weighted by atomic mass is 16.3. The fourth-order valence-corrected chi connectivity index (χ4v) is 2.49. The summed E-state index contributed by atoms with van der Waals surface area (Å²) in [6.07, 6.45) is 1.85. The van der Waals surface area contributed by atoms with Gasteiger partial charge in [-0.15, -0.1) is 0 Å². The molecule has 0 saturated heterocycles. The molecule has 0 aliphatic heterocycles. The van der Waals surface area contributed by atoms with Crippen LogP contribution in [0.25, 0.3) is 11.0 Å². The van der Waals surface area contributed by atoms with Gasteiger partial charge in [-0.25, -0.2) is 0 Å². The minimum absolute atomic E-state index is 0.509. The van der Waals surface area contributed by atoms with Crippen LogP contribution in [0.4, 0.5) is 0 Å². The van der Waals surface area contributed by atoms with Crippen molar-refractivity contribution in [2.24, 2.45) is 0 Å². The molecule has 20 heavy (non-hydrogen) atoms. The predicted molar refractivity (Wildman–Crippen MR) is 82.8 cm³/mol. The van der Waals surface area contributed by atoms with E-state index < -0.39 is 0 Å². The summed E-state index contributed by atoms with van der Waals surface area (Å²) in [5, 5.41) is 4.72. The summed E-state index contributed by atoms with van der Waals surface area (Å²) in [6.45, 7) is 4.05. The Labute approximate surface area is 119 Å². The number of nitrogens with one attached hydrogen (secondary N) is 1. The van der Waals surface area contributed by atoms with Crippen LogP contribution in [0.1, 0.15) is 24.0 Å². The number of rotatable bonds is 5. The molecule has 102 valence electrons. The minimum Gasteiger partial charge on any atom is -0.464 e. The smallest absolute Gasteiger partial charge is 0.134 e. The SMILES string of the molecule is CC(CNCc1coc2ccccc12)c1ccccc1. The van der Waals surface area contributed by atoms with Gasteiger partial charge in [-0.05, 0) is 17.5 Å². The highest BCUT2D eigenvalue weighted by molar-refractivity contribution is 5.80. The number of benzene rings is 2. The van der Waals surface area contributed by atoms with E-state index in [9.17, 15) is 0 Å². The first-order valence-electron chi connectivity index (χ1n) is 7.05. The molecule has 0 amide bonds. The van der Waals surface area contributed by atoms with Gasteiger partial charge in [-0.3, -0.25) is 0 Å². The summed E-state index contributed by atoms with van der Waals surface area (Å²) < 4.78 is 5.55. The summed E-state index contributed by atoms with van der Waals surface area (Å²) in [7, 11) is 0. The second-order valence-electron chi connectivity index (χ2n) is 5.20. The quantitative estimate of drug-likeness (QED) is 0.743. The molecule has 0 aliphatic carbocycles. The highest BCUT2D eigenvalue weighted by Gasteiger charge is 2.07. The van der Waals surface area contributed by atoms with Crippen LogP contribution >= 0.6 is 0 Å². The van der Waals surface area contributed by atoms with Crippen LogP contribution in [-0.4, -0.2) is 6.54 Å². The summed E-state index contributed by atoms with van der Waals surface area (Å²) in [5.41, 5.74) is 3.55. The van der Waals surface area contributed by atoms with Crippen LogP contribution < -0.4 is 5.32 Å². The van der Waals surface area contributed by atoms with E-state index in [1.807, 2.05) is 24.5 Å². The molecule has 2 aromatic carbocycles. The fourth-order valence-electron chi connectivity index (χ4n) is 2.49. The van der Waals surface area contributed by atoms with Crippen molar-refractivity contribution in [2.75, 3.05) is 6.54 Å². The van der Waals surface area contributed by atoms with Gasteiger partial charge in [-0.1, -0.05) is 55.5 Å². The van der Waals surface area contributed by atoms with Gasteiger partial charge in [0, 0.05) is 24.0 Å². The second kappa shape index (κ2) is 5.93. The van der Waals surface area contributed by atoms with E-state index in [0.717, 1.165) is 18.7 Å². The zero-order valence-corrected chi connectivity index (χ0v) is 11.7. The van der Waals surface area contributed by atoms with Crippen LogP contribution in [0.2, 0.25) is 0 Å². The van der Waals surface area contributed by atoms with Gasteiger partial charge in [0.15, 0.2) is 0 Å². The molecule has 0 fully saturated rings. The molecule has 1 unspecified atom stereocenters. The van der Waals surface area contributed by atoms with Gasteiger partial charge in [0.2, 0.25) is 0 Å². The fraction of sp³-hybridized carbons (Fsp3) is 0.222. The molecule has 3 aromatic rings. The van der Waals surface area contributed by atoms with Crippen molar-refractivity contribution < 1.29 is 4.42 Å². The van der Waals surface area contributed by atoms with Gasteiger partial charge >= 0.3 is 0 Å². The average Bonchev–Trinajstić information content (AvgIpc) is 2.92. The Bertz CT molecular complexity index is 672. The largest absolute Gasteiger partial charge is 0.464 e. The van der Waals surface area contributed by atoms with Crippen molar-refractivity contribution in [1.82, 2.24) is 5.32 Å². The molecule has 0 spiro atoms.